The van der Waals surface area contributed by atoms with Gasteiger partial charge in [-0.3, -0.25) is 4.79 Å². The van der Waals surface area contributed by atoms with Crippen LogP contribution >= 0.6 is 0 Å². The van der Waals surface area contributed by atoms with E-state index in [2.05, 4.69) is 5.32 Å². The molecular weight excluding hydrogens is 222 g/mol. The Labute approximate surface area is 102 Å². The van der Waals surface area contributed by atoms with Crippen molar-refractivity contribution in [3.8, 4) is 0 Å². The number of carbonyl (C=O) groups is 2. The molecule has 1 saturated heterocycles. The van der Waals surface area contributed by atoms with Crippen LogP contribution < -0.4 is 5.32 Å². The maximum Gasteiger partial charge on any atom is 0.319 e. The molecule has 2 N–H and O–H groups in total. The summed E-state index contributed by atoms with van der Waals surface area (Å²) in [6, 6.07) is -0.000844. The molecule has 1 heterocycles. The number of aliphatic carboxylic acids is 1. The van der Waals surface area contributed by atoms with Crippen LogP contribution in [0.1, 0.15) is 19.3 Å². The zero-order valence-electron chi connectivity index (χ0n) is 10.3. The topological polar surface area (TPSA) is 72.9 Å². The third-order valence-corrected chi connectivity index (χ3v) is 2.82. The molecule has 1 aliphatic rings. The lowest BCUT2D eigenvalue weighted by Gasteiger charge is -2.26. The van der Waals surface area contributed by atoms with Gasteiger partial charge in [-0.2, -0.15) is 0 Å². The fourth-order valence-corrected chi connectivity index (χ4v) is 1.84. The third kappa shape index (κ3) is 5.04. The number of carboxylic acid groups (broad SMARTS) is 1. The van der Waals surface area contributed by atoms with Crippen LogP contribution in [0.15, 0.2) is 0 Å². The summed E-state index contributed by atoms with van der Waals surface area (Å²) in [5.41, 5.74) is 0. The van der Waals surface area contributed by atoms with Crippen molar-refractivity contribution in [2.24, 2.45) is 0 Å². The Hall–Kier alpha value is -1.30. The highest BCUT2D eigenvalue weighted by Crippen LogP contribution is 2.02. The average Bonchev–Trinajstić information content (AvgIpc) is 2.55. The molecule has 1 aliphatic heterocycles. The van der Waals surface area contributed by atoms with Crippen LogP contribution in [0.2, 0.25) is 0 Å². The van der Waals surface area contributed by atoms with Crippen molar-refractivity contribution in [3.63, 3.8) is 0 Å². The first kappa shape index (κ1) is 13.8. The Morgan fingerprint density at radius 3 is 2.82 bits per heavy atom. The third-order valence-electron chi connectivity index (χ3n) is 2.82. The number of hydrogen-bond donors (Lipinski definition) is 2. The summed E-state index contributed by atoms with van der Waals surface area (Å²) in [5.74, 6) is -0.815. The zero-order chi connectivity index (χ0) is 12.7. The second-order valence-corrected chi connectivity index (χ2v) is 4.29. The lowest BCUT2D eigenvalue weighted by atomic mass is 10.3. The van der Waals surface area contributed by atoms with Gasteiger partial charge in [0.1, 0.15) is 0 Å². The van der Waals surface area contributed by atoms with Gasteiger partial charge in [0.25, 0.3) is 0 Å². The van der Waals surface area contributed by atoms with Crippen molar-refractivity contribution < 1.29 is 14.7 Å². The molecule has 0 atom stereocenters. The number of amides is 2. The Balaban J connectivity index is 2.31. The van der Waals surface area contributed by atoms with Gasteiger partial charge in [-0.15, -0.1) is 0 Å². The Morgan fingerprint density at radius 1 is 1.35 bits per heavy atom. The second kappa shape index (κ2) is 7.11. The van der Waals surface area contributed by atoms with Gasteiger partial charge >= 0.3 is 12.0 Å². The van der Waals surface area contributed by atoms with E-state index in [0.29, 0.717) is 13.0 Å². The predicted octanol–water partition coefficient (Wildman–Crippen LogP) is 0.198. The van der Waals surface area contributed by atoms with E-state index in [-0.39, 0.29) is 12.5 Å². The van der Waals surface area contributed by atoms with Crippen LogP contribution in [0.4, 0.5) is 4.79 Å². The summed E-state index contributed by atoms with van der Waals surface area (Å²) < 4.78 is 0. The lowest BCUT2D eigenvalue weighted by Crippen LogP contribution is -2.43. The molecule has 0 aromatic heterocycles. The van der Waals surface area contributed by atoms with Crippen molar-refractivity contribution >= 4 is 12.0 Å². The predicted molar refractivity (Wildman–Crippen MR) is 64.0 cm³/mol. The van der Waals surface area contributed by atoms with Gasteiger partial charge < -0.3 is 20.2 Å². The Kier molecular flexibility index (Phi) is 5.76. The molecule has 1 fully saturated rings. The van der Waals surface area contributed by atoms with E-state index in [1.54, 1.807) is 11.9 Å². The first-order valence-electron chi connectivity index (χ1n) is 6.04. The highest BCUT2D eigenvalue weighted by atomic mass is 16.4. The molecule has 6 heteroatoms. The molecule has 0 saturated carbocycles. The molecule has 98 valence electrons. The Morgan fingerprint density at radius 2 is 2.12 bits per heavy atom. The number of hydrogen-bond acceptors (Lipinski definition) is 3. The molecule has 0 aromatic rings. The summed E-state index contributed by atoms with van der Waals surface area (Å²) in [6.07, 6.45) is 1.58. The first-order valence-corrected chi connectivity index (χ1v) is 6.04. The van der Waals surface area contributed by atoms with Crippen molar-refractivity contribution in [2.75, 3.05) is 39.8 Å². The van der Waals surface area contributed by atoms with Crippen LogP contribution in [0.3, 0.4) is 0 Å². The van der Waals surface area contributed by atoms with E-state index in [1.165, 1.54) is 0 Å². The van der Waals surface area contributed by atoms with Gasteiger partial charge in [0.2, 0.25) is 0 Å². The maximum atomic E-state index is 12.0. The minimum Gasteiger partial charge on any atom is -0.481 e. The molecule has 0 radical (unpaired) electrons. The highest BCUT2D eigenvalue weighted by molar-refractivity contribution is 5.74. The number of carbonyl (C=O) groups excluding carboxylic acids is 1. The molecule has 6 nitrogen and oxygen atoms in total. The van der Waals surface area contributed by atoms with Gasteiger partial charge in [-0.25, -0.2) is 4.79 Å². The monoisotopic (exact) mass is 243 g/mol. The fraction of sp³-hybridized carbons (Fsp3) is 0.818. The number of urea groups is 1. The van der Waals surface area contributed by atoms with Crippen LogP contribution in [0.5, 0.6) is 0 Å². The molecule has 2 amide bonds. The number of nitrogens with one attached hydrogen (secondary N) is 1. The van der Waals surface area contributed by atoms with Crippen LogP contribution in [0.25, 0.3) is 0 Å². The molecule has 0 aliphatic carbocycles. The zero-order valence-corrected chi connectivity index (χ0v) is 10.3. The summed E-state index contributed by atoms with van der Waals surface area (Å²) >= 11 is 0. The van der Waals surface area contributed by atoms with E-state index in [9.17, 15) is 9.59 Å². The van der Waals surface area contributed by atoms with E-state index < -0.39 is 5.97 Å². The van der Waals surface area contributed by atoms with E-state index in [4.69, 9.17) is 5.11 Å². The van der Waals surface area contributed by atoms with E-state index in [0.717, 1.165) is 32.6 Å². The van der Waals surface area contributed by atoms with Crippen molar-refractivity contribution in [3.05, 3.63) is 0 Å². The number of nitrogens with zero attached hydrogens (tertiary/aromatic N) is 2. The molecule has 17 heavy (non-hydrogen) atoms. The number of carboxylic acids is 1. The van der Waals surface area contributed by atoms with Crippen molar-refractivity contribution in [1.29, 1.82) is 0 Å². The van der Waals surface area contributed by atoms with Crippen molar-refractivity contribution in [2.45, 2.75) is 19.3 Å². The molecule has 1 rings (SSSR count). The SMILES string of the molecule is CN(CCCC(=O)O)C(=O)N1CCCNCC1. The minimum absolute atomic E-state index is 0.000844. The summed E-state index contributed by atoms with van der Waals surface area (Å²) in [4.78, 5) is 25.8. The standard InChI is InChI=1S/C11H21N3O3/c1-13(7-2-4-10(15)16)11(17)14-8-3-5-12-6-9-14/h12H,2-9H2,1H3,(H,15,16). The summed E-state index contributed by atoms with van der Waals surface area (Å²) in [6.45, 7) is 3.77. The average molecular weight is 243 g/mol. The maximum absolute atomic E-state index is 12.0. The quantitative estimate of drug-likeness (QED) is 0.739. The Bertz CT molecular complexity index is 263. The normalized spacial score (nSPS) is 16.4. The number of rotatable bonds is 4. The lowest BCUT2D eigenvalue weighted by molar-refractivity contribution is -0.137. The van der Waals surface area contributed by atoms with E-state index in [1.807, 2.05) is 4.90 Å². The van der Waals surface area contributed by atoms with Crippen LogP contribution in [0, 0.1) is 0 Å². The van der Waals surface area contributed by atoms with Gasteiger partial charge in [-0.1, -0.05) is 0 Å². The van der Waals surface area contributed by atoms with Crippen LogP contribution in [-0.2, 0) is 4.79 Å². The molecule has 0 aromatic carbocycles. The highest BCUT2D eigenvalue weighted by Gasteiger charge is 2.18. The molecule has 0 spiro atoms. The summed E-state index contributed by atoms with van der Waals surface area (Å²) in [5, 5.41) is 11.8. The van der Waals surface area contributed by atoms with Gasteiger partial charge in [0.15, 0.2) is 0 Å². The van der Waals surface area contributed by atoms with E-state index >= 15 is 0 Å². The molecular formula is C11H21N3O3. The van der Waals surface area contributed by atoms with Gasteiger partial charge in [-0.05, 0) is 19.4 Å². The van der Waals surface area contributed by atoms with Gasteiger partial charge in [0, 0.05) is 39.6 Å². The fourth-order valence-electron chi connectivity index (χ4n) is 1.84. The summed E-state index contributed by atoms with van der Waals surface area (Å²) in [7, 11) is 1.72. The minimum atomic E-state index is -0.815. The smallest absolute Gasteiger partial charge is 0.319 e. The molecule has 0 unspecified atom stereocenters. The largest absolute Gasteiger partial charge is 0.481 e. The second-order valence-electron chi connectivity index (χ2n) is 4.29. The first-order chi connectivity index (χ1) is 8.11. The molecule has 0 bridgehead atoms. The van der Waals surface area contributed by atoms with Crippen LogP contribution in [-0.4, -0.2) is 66.7 Å². The van der Waals surface area contributed by atoms with Crippen molar-refractivity contribution in [1.82, 2.24) is 15.1 Å². The van der Waals surface area contributed by atoms with Gasteiger partial charge in [0.05, 0.1) is 0 Å².